The number of aliphatic hydroxyl groups excluding tert-OH is 1. The minimum absolute atomic E-state index is 0.122. The number of hydrogen-bond acceptors (Lipinski definition) is 10. The molecular formula is C21H31NO9. The van der Waals surface area contributed by atoms with Crippen molar-refractivity contribution in [2.45, 2.75) is 63.9 Å². The van der Waals surface area contributed by atoms with Gasteiger partial charge in [-0.2, -0.15) is 0 Å². The molecule has 1 fully saturated rings. The van der Waals surface area contributed by atoms with Crippen molar-refractivity contribution in [3.63, 3.8) is 0 Å². The maximum atomic E-state index is 13.0. The Balaban J connectivity index is 2.56. The van der Waals surface area contributed by atoms with Gasteiger partial charge < -0.3 is 29.3 Å². The zero-order valence-corrected chi connectivity index (χ0v) is 18.5. The summed E-state index contributed by atoms with van der Waals surface area (Å²) in [6, 6.07) is 0. The van der Waals surface area contributed by atoms with Crippen LogP contribution >= 0.6 is 0 Å². The predicted molar refractivity (Wildman–Crippen MR) is 107 cm³/mol. The third kappa shape index (κ3) is 5.31. The molecule has 2 bridgehead atoms. The summed E-state index contributed by atoms with van der Waals surface area (Å²) in [6.07, 6.45) is -1.53. The van der Waals surface area contributed by atoms with Crippen LogP contribution in [0.15, 0.2) is 11.6 Å². The molecule has 0 aromatic carbocycles. The molecule has 2 aliphatic rings. The lowest BCUT2D eigenvalue weighted by atomic mass is 9.78. The van der Waals surface area contributed by atoms with E-state index in [2.05, 4.69) is 0 Å². The first-order valence-electron chi connectivity index (χ1n) is 10.2. The lowest BCUT2D eigenvalue weighted by Crippen LogP contribution is -2.57. The van der Waals surface area contributed by atoms with Gasteiger partial charge in [-0.15, -0.1) is 0 Å². The van der Waals surface area contributed by atoms with Gasteiger partial charge in [0.2, 0.25) is 11.4 Å². The minimum atomic E-state index is -2.45. The van der Waals surface area contributed by atoms with Crippen molar-refractivity contribution < 1.29 is 43.6 Å². The Kier molecular flexibility index (Phi) is 7.61. The molecule has 2 heterocycles. The first-order chi connectivity index (χ1) is 14.3. The number of carbonyl (C=O) groups is 4. The Morgan fingerprint density at radius 3 is 2.55 bits per heavy atom. The van der Waals surface area contributed by atoms with Crippen molar-refractivity contribution in [1.82, 2.24) is 4.90 Å². The molecule has 0 aromatic heterocycles. The summed E-state index contributed by atoms with van der Waals surface area (Å²) in [7, 11) is 1.81. The number of ether oxygens (including phenoxy) is 3. The monoisotopic (exact) mass is 441 g/mol. The maximum absolute atomic E-state index is 13.0. The summed E-state index contributed by atoms with van der Waals surface area (Å²) in [5, 5.41) is 21.2. The average molecular weight is 441 g/mol. The van der Waals surface area contributed by atoms with E-state index in [4.69, 9.17) is 14.2 Å². The van der Waals surface area contributed by atoms with Gasteiger partial charge in [0.1, 0.15) is 6.61 Å². The number of rotatable bonds is 2. The number of aliphatic hydroxyl groups is 2. The van der Waals surface area contributed by atoms with Crippen LogP contribution in [0.25, 0.3) is 0 Å². The van der Waals surface area contributed by atoms with E-state index in [1.165, 1.54) is 20.8 Å². The van der Waals surface area contributed by atoms with E-state index < -0.39 is 59.4 Å². The maximum Gasteiger partial charge on any atom is 0.350 e. The summed E-state index contributed by atoms with van der Waals surface area (Å²) in [6.45, 7) is 5.55. The number of fused-ring (bicyclic) bond motifs is 2. The van der Waals surface area contributed by atoms with Gasteiger partial charge in [-0.3, -0.25) is 9.59 Å². The fraction of sp³-hybridized carbons (Fsp3) is 0.714. The third-order valence-electron chi connectivity index (χ3n) is 6.00. The smallest absolute Gasteiger partial charge is 0.350 e. The second-order valence-corrected chi connectivity index (χ2v) is 8.52. The number of likely N-dealkylation sites (N-methyl/N-ethyl adjacent to an activating group) is 1. The topological polar surface area (TPSA) is 140 Å². The zero-order valence-electron chi connectivity index (χ0n) is 18.5. The SMILES string of the molecule is CC(=O)O[C@@]1(C)C(=O)OC/C2=C/CN(C)CC[C@@H](OC(=O)[C@](O)([C@H](C)O)C[C@H]1C)C2=O. The normalized spacial score (nSPS) is 36.4. The molecule has 174 valence electrons. The van der Waals surface area contributed by atoms with Crippen molar-refractivity contribution in [2.24, 2.45) is 5.92 Å². The Bertz CT molecular complexity index is 777. The lowest BCUT2D eigenvalue weighted by molar-refractivity contribution is -0.199. The van der Waals surface area contributed by atoms with Gasteiger partial charge in [0.15, 0.2) is 11.7 Å². The van der Waals surface area contributed by atoms with Gasteiger partial charge in [-0.1, -0.05) is 13.0 Å². The molecule has 1 saturated heterocycles. The molecule has 5 atom stereocenters. The summed E-state index contributed by atoms with van der Waals surface area (Å²) < 4.78 is 16.0. The van der Waals surface area contributed by atoms with Crippen LogP contribution in [0, 0.1) is 5.92 Å². The molecule has 0 aliphatic carbocycles. The molecule has 0 radical (unpaired) electrons. The quantitative estimate of drug-likeness (QED) is 0.435. The third-order valence-corrected chi connectivity index (χ3v) is 6.00. The molecule has 0 amide bonds. The molecule has 0 saturated carbocycles. The first kappa shape index (κ1) is 25.0. The van der Waals surface area contributed by atoms with Crippen LogP contribution in [-0.2, 0) is 33.4 Å². The summed E-state index contributed by atoms with van der Waals surface area (Å²) in [5.41, 5.74) is -4.20. The number of hydrogen-bond donors (Lipinski definition) is 2. The fourth-order valence-electron chi connectivity index (χ4n) is 3.62. The largest absolute Gasteiger partial charge is 0.458 e. The fourth-order valence-corrected chi connectivity index (χ4v) is 3.62. The second-order valence-electron chi connectivity index (χ2n) is 8.52. The molecule has 10 heteroatoms. The molecule has 0 spiro atoms. The Labute approximate surface area is 181 Å². The van der Waals surface area contributed by atoms with E-state index in [1.54, 1.807) is 6.08 Å². The van der Waals surface area contributed by atoms with Gasteiger partial charge >= 0.3 is 17.9 Å². The first-order valence-corrected chi connectivity index (χ1v) is 10.2. The van der Waals surface area contributed by atoms with E-state index in [0.717, 1.165) is 6.92 Å². The average Bonchev–Trinajstić information content (AvgIpc) is 2.67. The number of cyclic esters (lactones) is 1. The Morgan fingerprint density at radius 1 is 1.32 bits per heavy atom. The Hall–Kier alpha value is -2.30. The van der Waals surface area contributed by atoms with Gasteiger partial charge in [0, 0.05) is 37.9 Å². The summed E-state index contributed by atoms with van der Waals surface area (Å²) in [5.74, 6) is -4.39. The number of nitrogens with zero attached hydrogens (tertiary/aromatic N) is 1. The van der Waals surface area contributed by atoms with E-state index in [1.807, 2.05) is 11.9 Å². The molecular weight excluding hydrogens is 410 g/mol. The molecule has 2 rings (SSSR count). The van der Waals surface area contributed by atoms with E-state index >= 15 is 0 Å². The van der Waals surface area contributed by atoms with Crippen molar-refractivity contribution >= 4 is 23.7 Å². The van der Waals surface area contributed by atoms with Crippen LogP contribution in [-0.4, -0.2) is 89.0 Å². The van der Waals surface area contributed by atoms with Crippen LogP contribution in [0.1, 0.15) is 40.5 Å². The second kappa shape index (κ2) is 9.46. The lowest BCUT2D eigenvalue weighted by Gasteiger charge is -2.39. The number of esters is 3. The van der Waals surface area contributed by atoms with Crippen LogP contribution < -0.4 is 0 Å². The van der Waals surface area contributed by atoms with Gasteiger partial charge in [0.05, 0.1) is 6.10 Å². The molecule has 2 N–H and O–H groups in total. The molecule has 2 aliphatic heterocycles. The summed E-state index contributed by atoms with van der Waals surface area (Å²) in [4.78, 5) is 52.4. The highest BCUT2D eigenvalue weighted by molar-refractivity contribution is 6.01. The van der Waals surface area contributed by atoms with Crippen LogP contribution in [0.5, 0.6) is 0 Å². The van der Waals surface area contributed by atoms with Gasteiger partial charge in [-0.25, -0.2) is 9.59 Å². The number of carbonyl (C=O) groups excluding carboxylic acids is 4. The standard InChI is InChI=1S/C21H31NO9/c1-12-10-21(28,13(2)23)19(27)30-16-7-9-22(5)8-6-15(17(16)25)11-29-18(26)20(12,4)31-14(3)24/h6,12-13,16,23,28H,7-11H2,1-5H3/b15-6-/t12-,13+,16-,20-,21-/m1/s1. The van der Waals surface area contributed by atoms with Crippen LogP contribution in [0.3, 0.4) is 0 Å². The molecule has 0 unspecified atom stereocenters. The Morgan fingerprint density at radius 2 is 1.97 bits per heavy atom. The highest BCUT2D eigenvalue weighted by Gasteiger charge is 2.53. The van der Waals surface area contributed by atoms with Gasteiger partial charge in [-0.05, 0) is 27.3 Å². The van der Waals surface area contributed by atoms with Crippen LogP contribution in [0.4, 0.5) is 0 Å². The highest BCUT2D eigenvalue weighted by atomic mass is 16.6. The molecule has 0 aromatic rings. The zero-order chi connectivity index (χ0) is 23.6. The van der Waals surface area contributed by atoms with Crippen molar-refractivity contribution in [1.29, 1.82) is 0 Å². The minimum Gasteiger partial charge on any atom is -0.458 e. The van der Waals surface area contributed by atoms with Gasteiger partial charge in [0.25, 0.3) is 0 Å². The highest BCUT2D eigenvalue weighted by Crippen LogP contribution is 2.34. The molecule has 31 heavy (non-hydrogen) atoms. The van der Waals surface area contributed by atoms with Crippen molar-refractivity contribution in [3.8, 4) is 0 Å². The van der Waals surface area contributed by atoms with E-state index in [-0.39, 0.29) is 18.6 Å². The van der Waals surface area contributed by atoms with Crippen molar-refractivity contribution in [3.05, 3.63) is 11.6 Å². The van der Waals surface area contributed by atoms with E-state index in [0.29, 0.717) is 13.1 Å². The number of Topliss-reactive ketones (excluding diaryl/α,β-unsaturated/α-hetero) is 1. The van der Waals surface area contributed by atoms with Crippen molar-refractivity contribution in [2.75, 3.05) is 26.7 Å². The van der Waals surface area contributed by atoms with E-state index in [9.17, 15) is 29.4 Å². The predicted octanol–water partition coefficient (Wildman–Crippen LogP) is -0.254. The molecule has 10 nitrogen and oxygen atoms in total. The number of ketones is 1. The van der Waals surface area contributed by atoms with Crippen LogP contribution in [0.2, 0.25) is 0 Å². The summed E-state index contributed by atoms with van der Waals surface area (Å²) >= 11 is 0.